The van der Waals surface area contributed by atoms with Gasteiger partial charge in [0, 0.05) is 15.1 Å². The summed E-state index contributed by atoms with van der Waals surface area (Å²) in [6, 6.07) is 20.3. The Labute approximate surface area is 193 Å². The molecule has 0 saturated heterocycles. The number of aryl methyl sites for hydroxylation is 1. The second kappa shape index (κ2) is 8.91. The Morgan fingerprint density at radius 3 is 2.58 bits per heavy atom. The summed E-state index contributed by atoms with van der Waals surface area (Å²) in [7, 11) is 1.55. The van der Waals surface area contributed by atoms with Crippen molar-refractivity contribution < 1.29 is 9.53 Å². The van der Waals surface area contributed by atoms with E-state index in [1.807, 2.05) is 55.5 Å². The lowest BCUT2D eigenvalue weighted by atomic mass is 10.2. The number of carbonyl (C=O) groups excluding carboxylic acids is 1. The van der Waals surface area contributed by atoms with Gasteiger partial charge in [0.05, 0.1) is 18.5 Å². The predicted molar refractivity (Wildman–Crippen MR) is 125 cm³/mol. The van der Waals surface area contributed by atoms with E-state index >= 15 is 0 Å². The lowest BCUT2D eigenvalue weighted by Crippen LogP contribution is -2.15. The number of rotatable bonds is 5. The van der Waals surface area contributed by atoms with Crippen LogP contribution in [0.25, 0.3) is 17.1 Å². The van der Waals surface area contributed by atoms with E-state index in [0.29, 0.717) is 22.3 Å². The van der Waals surface area contributed by atoms with Gasteiger partial charge in [-0.1, -0.05) is 57.9 Å². The number of aromatic nitrogens is 3. The van der Waals surface area contributed by atoms with Crippen LogP contribution in [0.1, 0.15) is 16.2 Å². The average molecular weight is 498 g/mol. The molecule has 156 valence electrons. The second-order valence-electron chi connectivity index (χ2n) is 6.76. The number of hydrogen-bond donors (Lipinski definition) is 1. The molecule has 4 aromatic rings. The molecule has 1 amide bonds. The van der Waals surface area contributed by atoms with Gasteiger partial charge in [0.15, 0.2) is 5.82 Å². The van der Waals surface area contributed by atoms with Crippen molar-refractivity contribution in [2.75, 3.05) is 12.4 Å². The SMILES string of the molecule is COc1ccccc1NC(=O)c1nc(-c2ccc(Br)cc2)n(-c2cc(Cl)ccc2C)n1. The molecule has 1 heterocycles. The Balaban J connectivity index is 1.80. The number of para-hydroxylation sites is 2. The summed E-state index contributed by atoms with van der Waals surface area (Å²) in [5.74, 6) is 0.668. The molecule has 0 aliphatic rings. The number of ether oxygens (including phenoxy) is 1. The summed E-state index contributed by atoms with van der Waals surface area (Å²) in [5, 5.41) is 7.90. The summed E-state index contributed by atoms with van der Waals surface area (Å²) in [5.41, 5.74) is 3.04. The van der Waals surface area contributed by atoms with Crippen molar-refractivity contribution in [3.63, 3.8) is 0 Å². The lowest BCUT2D eigenvalue weighted by Gasteiger charge is -2.09. The zero-order valence-corrected chi connectivity index (χ0v) is 19.1. The first-order chi connectivity index (χ1) is 15.0. The molecule has 0 aliphatic heterocycles. The molecular formula is C23H18BrClN4O2. The van der Waals surface area contributed by atoms with Crippen LogP contribution in [-0.2, 0) is 0 Å². The number of methoxy groups -OCH3 is 1. The molecule has 0 bridgehead atoms. The fourth-order valence-electron chi connectivity index (χ4n) is 3.10. The predicted octanol–water partition coefficient (Wildman–Crippen LogP) is 5.92. The van der Waals surface area contributed by atoms with Crippen molar-refractivity contribution in [1.82, 2.24) is 14.8 Å². The van der Waals surface area contributed by atoms with Gasteiger partial charge in [-0.05, 0) is 48.9 Å². The number of hydrogen-bond acceptors (Lipinski definition) is 4. The highest BCUT2D eigenvalue weighted by molar-refractivity contribution is 9.10. The van der Waals surface area contributed by atoms with E-state index in [-0.39, 0.29) is 5.82 Å². The van der Waals surface area contributed by atoms with Crippen LogP contribution in [0, 0.1) is 6.92 Å². The summed E-state index contributed by atoms with van der Waals surface area (Å²) < 4.78 is 7.89. The Kier molecular flexibility index (Phi) is 6.06. The Hall–Kier alpha value is -3.16. The fraction of sp³-hybridized carbons (Fsp3) is 0.0870. The Bertz CT molecular complexity index is 1250. The van der Waals surface area contributed by atoms with Crippen LogP contribution in [0.3, 0.4) is 0 Å². The zero-order valence-electron chi connectivity index (χ0n) is 16.8. The van der Waals surface area contributed by atoms with Gasteiger partial charge in [-0.3, -0.25) is 4.79 Å². The average Bonchev–Trinajstić information content (AvgIpc) is 3.21. The smallest absolute Gasteiger partial charge is 0.295 e. The van der Waals surface area contributed by atoms with E-state index in [4.69, 9.17) is 16.3 Å². The van der Waals surface area contributed by atoms with Crippen LogP contribution in [0.4, 0.5) is 5.69 Å². The normalized spacial score (nSPS) is 10.7. The van der Waals surface area contributed by atoms with Gasteiger partial charge in [-0.2, -0.15) is 0 Å². The maximum Gasteiger partial charge on any atom is 0.295 e. The third kappa shape index (κ3) is 4.47. The van der Waals surface area contributed by atoms with Crippen LogP contribution in [0.15, 0.2) is 71.2 Å². The van der Waals surface area contributed by atoms with Gasteiger partial charge in [-0.25, -0.2) is 9.67 Å². The van der Waals surface area contributed by atoms with Gasteiger partial charge < -0.3 is 10.1 Å². The summed E-state index contributed by atoms with van der Waals surface area (Å²) in [6.07, 6.45) is 0. The van der Waals surface area contributed by atoms with Gasteiger partial charge in [0.25, 0.3) is 5.91 Å². The maximum absolute atomic E-state index is 13.0. The van der Waals surface area contributed by atoms with E-state index in [2.05, 4.69) is 31.3 Å². The molecule has 0 fully saturated rings. The van der Waals surface area contributed by atoms with E-state index in [0.717, 1.165) is 21.3 Å². The third-order valence-electron chi connectivity index (χ3n) is 4.67. The first-order valence-corrected chi connectivity index (χ1v) is 10.6. The molecule has 6 nitrogen and oxygen atoms in total. The van der Waals surface area contributed by atoms with Crippen molar-refractivity contribution in [2.45, 2.75) is 6.92 Å². The highest BCUT2D eigenvalue weighted by atomic mass is 79.9. The van der Waals surface area contributed by atoms with E-state index in [9.17, 15) is 4.79 Å². The molecule has 3 aromatic carbocycles. The van der Waals surface area contributed by atoms with Crippen LogP contribution in [-0.4, -0.2) is 27.8 Å². The van der Waals surface area contributed by atoms with Crippen LogP contribution < -0.4 is 10.1 Å². The van der Waals surface area contributed by atoms with Gasteiger partial charge in [-0.15, -0.1) is 5.10 Å². The van der Waals surface area contributed by atoms with Crippen molar-refractivity contribution in [1.29, 1.82) is 0 Å². The van der Waals surface area contributed by atoms with Crippen molar-refractivity contribution >= 4 is 39.1 Å². The number of carbonyl (C=O) groups is 1. The van der Waals surface area contributed by atoms with Gasteiger partial charge in [0.2, 0.25) is 5.82 Å². The Morgan fingerprint density at radius 1 is 1.10 bits per heavy atom. The molecule has 1 N–H and O–H groups in total. The van der Waals surface area contributed by atoms with E-state index < -0.39 is 5.91 Å². The molecule has 4 rings (SSSR count). The molecule has 31 heavy (non-hydrogen) atoms. The first-order valence-electron chi connectivity index (χ1n) is 9.40. The number of halogens is 2. The van der Waals surface area contributed by atoms with Crippen LogP contribution in [0.5, 0.6) is 5.75 Å². The number of nitrogens with one attached hydrogen (secondary N) is 1. The van der Waals surface area contributed by atoms with Crippen LogP contribution in [0.2, 0.25) is 5.02 Å². The van der Waals surface area contributed by atoms with Gasteiger partial charge in [0.1, 0.15) is 5.75 Å². The molecule has 0 aliphatic carbocycles. The number of anilines is 1. The highest BCUT2D eigenvalue weighted by Crippen LogP contribution is 2.28. The molecule has 0 atom stereocenters. The third-order valence-corrected chi connectivity index (χ3v) is 5.43. The largest absolute Gasteiger partial charge is 0.495 e. The van der Waals surface area contributed by atoms with Crippen molar-refractivity contribution in [3.8, 4) is 22.8 Å². The molecule has 0 saturated carbocycles. The minimum atomic E-state index is -0.443. The minimum absolute atomic E-state index is 0.0307. The standard InChI is InChI=1S/C23H18BrClN4O2/c1-14-7-12-17(25)13-19(14)29-22(15-8-10-16(24)11-9-15)27-21(28-29)23(30)26-18-5-3-4-6-20(18)31-2/h3-13H,1-2H3,(H,26,30). The summed E-state index contributed by atoms with van der Waals surface area (Å²) in [4.78, 5) is 17.5. The first kappa shape index (κ1) is 21.1. The minimum Gasteiger partial charge on any atom is -0.495 e. The highest BCUT2D eigenvalue weighted by Gasteiger charge is 2.21. The zero-order chi connectivity index (χ0) is 22.0. The van der Waals surface area contributed by atoms with Crippen LogP contribution >= 0.6 is 27.5 Å². The number of benzene rings is 3. The molecule has 0 spiro atoms. The molecule has 0 radical (unpaired) electrons. The number of nitrogens with zero attached hydrogens (tertiary/aromatic N) is 3. The summed E-state index contributed by atoms with van der Waals surface area (Å²) >= 11 is 9.68. The maximum atomic E-state index is 13.0. The molecule has 0 unspecified atom stereocenters. The van der Waals surface area contributed by atoms with E-state index in [1.54, 1.807) is 30.0 Å². The quantitative estimate of drug-likeness (QED) is 0.372. The van der Waals surface area contributed by atoms with Crippen molar-refractivity contribution in [2.24, 2.45) is 0 Å². The topological polar surface area (TPSA) is 69.0 Å². The fourth-order valence-corrected chi connectivity index (χ4v) is 3.53. The molecule has 1 aromatic heterocycles. The lowest BCUT2D eigenvalue weighted by molar-refractivity contribution is 0.101. The molecular weight excluding hydrogens is 480 g/mol. The second-order valence-corrected chi connectivity index (χ2v) is 8.12. The molecule has 8 heteroatoms. The van der Waals surface area contributed by atoms with Gasteiger partial charge >= 0.3 is 0 Å². The monoisotopic (exact) mass is 496 g/mol. The van der Waals surface area contributed by atoms with E-state index in [1.165, 1.54) is 0 Å². The number of amides is 1. The summed E-state index contributed by atoms with van der Waals surface area (Å²) in [6.45, 7) is 1.95. The Morgan fingerprint density at radius 2 is 1.84 bits per heavy atom. The van der Waals surface area contributed by atoms with Crippen molar-refractivity contribution in [3.05, 3.63) is 87.6 Å².